The Morgan fingerprint density at radius 1 is 1.71 bits per heavy atom. The van der Waals surface area contributed by atoms with Gasteiger partial charge in [-0.1, -0.05) is 6.07 Å². The van der Waals surface area contributed by atoms with E-state index < -0.39 is 6.10 Å². The number of ketones is 1. The standard InChI is InChI=1S/C11H13NO2/c1-7(13)11(14)9-5-4-8-3-2-6-12-10(8)9/h2-3,6-7,9,13H,4-5H2,1H3. The molecule has 0 aliphatic heterocycles. The average Bonchev–Trinajstić information content (AvgIpc) is 2.60. The Hall–Kier alpha value is -1.22. The van der Waals surface area contributed by atoms with Crippen molar-refractivity contribution in [3.63, 3.8) is 0 Å². The fraction of sp³-hybridized carbons (Fsp3) is 0.455. The van der Waals surface area contributed by atoms with E-state index in [4.69, 9.17) is 0 Å². The van der Waals surface area contributed by atoms with Crippen LogP contribution in [-0.2, 0) is 11.2 Å². The summed E-state index contributed by atoms with van der Waals surface area (Å²) in [6.07, 6.45) is 2.50. The molecule has 0 saturated carbocycles. The number of fused-ring (bicyclic) bond motifs is 1. The molecule has 1 aliphatic rings. The molecule has 1 aromatic heterocycles. The first kappa shape index (κ1) is 9.34. The number of aromatic nitrogens is 1. The van der Waals surface area contributed by atoms with Gasteiger partial charge in [-0.25, -0.2) is 0 Å². The quantitative estimate of drug-likeness (QED) is 0.760. The van der Waals surface area contributed by atoms with Crippen LogP contribution in [0.25, 0.3) is 0 Å². The summed E-state index contributed by atoms with van der Waals surface area (Å²) in [6, 6.07) is 3.88. The van der Waals surface area contributed by atoms with Crippen molar-refractivity contribution in [2.24, 2.45) is 0 Å². The maximum atomic E-state index is 11.6. The molecule has 0 spiro atoms. The van der Waals surface area contributed by atoms with Crippen molar-refractivity contribution in [3.05, 3.63) is 29.6 Å². The van der Waals surface area contributed by atoms with Gasteiger partial charge in [0.2, 0.25) is 0 Å². The predicted octanol–water partition coefficient (Wildman–Crippen LogP) is 1.06. The van der Waals surface area contributed by atoms with Crippen LogP contribution < -0.4 is 0 Å². The summed E-state index contributed by atoms with van der Waals surface area (Å²) >= 11 is 0. The fourth-order valence-electron chi connectivity index (χ4n) is 1.98. The van der Waals surface area contributed by atoms with Crippen LogP contribution in [0.4, 0.5) is 0 Å². The van der Waals surface area contributed by atoms with Crippen molar-refractivity contribution in [3.8, 4) is 0 Å². The van der Waals surface area contributed by atoms with Gasteiger partial charge in [0.25, 0.3) is 0 Å². The number of pyridine rings is 1. The minimum atomic E-state index is -0.882. The van der Waals surface area contributed by atoms with E-state index in [1.54, 1.807) is 6.20 Å². The Morgan fingerprint density at radius 2 is 2.50 bits per heavy atom. The first-order valence-corrected chi connectivity index (χ1v) is 4.85. The van der Waals surface area contributed by atoms with Crippen LogP contribution in [0.3, 0.4) is 0 Å². The number of carbonyl (C=O) groups is 1. The monoisotopic (exact) mass is 191 g/mol. The number of Topliss-reactive ketones (excluding diaryl/α,β-unsaturated/α-hetero) is 1. The Bertz CT molecular complexity index is 360. The van der Waals surface area contributed by atoms with Crippen LogP contribution >= 0.6 is 0 Å². The minimum Gasteiger partial charge on any atom is -0.386 e. The smallest absolute Gasteiger partial charge is 0.169 e. The summed E-state index contributed by atoms with van der Waals surface area (Å²) in [6.45, 7) is 1.52. The molecular weight excluding hydrogens is 178 g/mol. The van der Waals surface area contributed by atoms with Crippen molar-refractivity contribution < 1.29 is 9.90 Å². The molecule has 1 aliphatic carbocycles. The molecule has 2 unspecified atom stereocenters. The topological polar surface area (TPSA) is 50.2 Å². The summed E-state index contributed by atoms with van der Waals surface area (Å²) in [5.41, 5.74) is 2.00. The third-order valence-corrected chi connectivity index (χ3v) is 2.71. The number of aliphatic hydroxyl groups excluding tert-OH is 1. The van der Waals surface area contributed by atoms with Gasteiger partial charge in [0.15, 0.2) is 5.78 Å². The lowest BCUT2D eigenvalue weighted by Crippen LogP contribution is -2.23. The molecule has 0 amide bonds. The average molecular weight is 191 g/mol. The summed E-state index contributed by atoms with van der Waals surface area (Å²) < 4.78 is 0. The second kappa shape index (κ2) is 3.50. The highest BCUT2D eigenvalue weighted by Gasteiger charge is 2.31. The van der Waals surface area contributed by atoms with Crippen molar-refractivity contribution >= 4 is 5.78 Å². The first-order valence-electron chi connectivity index (χ1n) is 4.85. The van der Waals surface area contributed by atoms with E-state index >= 15 is 0 Å². The zero-order valence-corrected chi connectivity index (χ0v) is 8.10. The van der Waals surface area contributed by atoms with Gasteiger partial charge < -0.3 is 5.11 Å². The van der Waals surface area contributed by atoms with Gasteiger partial charge in [0.1, 0.15) is 6.10 Å². The number of rotatable bonds is 2. The van der Waals surface area contributed by atoms with Crippen LogP contribution in [0.2, 0.25) is 0 Å². The molecule has 0 saturated heterocycles. The number of aryl methyl sites for hydroxylation is 1. The van der Waals surface area contributed by atoms with Gasteiger partial charge in [-0.2, -0.15) is 0 Å². The zero-order chi connectivity index (χ0) is 10.1. The molecule has 3 nitrogen and oxygen atoms in total. The molecule has 74 valence electrons. The molecule has 1 aromatic rings. The molecule has 14 heavy (non-hydrogen) atoms. The third-order valence-electron chi connectivity index (χ3n) is 2.71. The second-order valence-electron chi connectivity index (χ2n) is 3.72. The molecule has 0 aromatic carbocycles. The summed E-state index contributed by atoms with van der Waals surface area (Å²) in [4.78, 5) is 15.8. The van der Waals surface area contributed by atoms with Crippen molar-refractivity contribution in [1.29, 1.82) is 0 Å². The number of carbonyl (C=O) groups excluding carboxylic acids is 1. The number of hydrogen-bond donors (Lipinski definition) is 1. The molecule has 0 fully saturated rings. The highest BCUT2D eigenvalue weighted by molar-refractivity contribution is 5.89. The number of hydrogen-bond acceptors (Lipinski definition) is 3. The van der Waals surface area contributed by atoms with Gasteiger partial charge in [-0.05, 0) is 31.4 Å². The molecule has 1 N–H and O–H groups in total. The van der Waals surface area contributed by atoms with Gasteiger partial charge in [0.05, 0.1) is 11.6 Å². The summed E-state index contributed by atoms with van der Waals surface area (Å²) in [5, 5.41) is 9.23. The van der Waals surface area contributed by atoms with E-state index in [2.05, 4.69) is 4.98 Å². The van der Waals surface area contributed by atoms with Gasteiger partial charge in [0, 0.05) is 6.20 Å². The van der Waals surface area contributed by atoms with E-state index in [9.17, 15) is 9.90 Å². The Balaban J connectivity index is 2.30. The Kier molecular flexibility index (Phi) is 2.33. The Morgan fingerprint density at radius 3 is 3.21 bits per heavy atom. The maximum absolute atomic E-state index is 11.6. The van der Waals surface area contributed by atoms with Crippen LogP contribution in [-0.4, -0.2) is 22.0 Å². The van der Waals surface area contributed by atoms with Crippen LogP contribution in [0.5, 0.6) is 0 Å². The number of aliphatic hydroxyl groups is 1. The first-order chi connectivity index (χ1) is 6.70. The van der Waals surface area contributed by atoms with E-state index in [1.807, 2.05) is 12.1 Å². The molecule has 3 heteroatoms. The molecular formula is C11H13NO2. The van der Waals surface area contributed by atoms with Crippen molar-refractivity contribution in [1.82, 2.24) is 4.98 Å². The SMILES string of the molecule is CC(O)C(=O)C1CCc2cccnc21. The molecule has 2 atom stereocenters. The largest absolute Gasteiger partial charge is 0.386 e. The Labute approximate surface area is 82.8 Å². The van der Waals surface area contributed by atoms with Gasteiger partial charge in [-0.15, -0.1) is 0 Å². The predicted molar refractivity (Wildman–Crippen MR) is 52.0 cm³/mol. The molecule has 1 heterocycles. The highest BCUT2D eigenvalue weighted by atomic mass is 16.3. The van der Waals surface area contributed by atoms with Gasteiger partial charge in [-0.3, -0.25) is 9.78 Å². The zero-order valence-electron chi connectivity index (χ0n) is 8.10. The van der Waals surface area contributed by atoms with Crippen molar-refractivity contribution in [2.75, 3.05) is 0 Å². The van der Waals surface area contributed by atoms with Crippen LogP contribution in [0.15, 0.2) is 18.3 Å². The van der Waals surface area contributed by atoms with Gasteiger partial charge >= 0.3 is 0 Å². The van der Waals surface area contributed by atoms with Crippen LogP contribution in [0, 0.1) is 0 Å². The minimum absolute atomic E-state index is 0.109. The van der Waals surface area contributed by atoms with E-state index in [1.165, 1.54) is 6.92 Å². The highest BCUT2D eigenvalue weighted by Crippen LogP contribution is 2.32. The van der Waals surface area contributed by atoms with E-state index in [0.717, 1.165) is 24.1 Å². The lowest BCUT2D eigenvalue weighted by atomic mass is 9.98. The normalized spacial score (nSPS) is 21.7. The summed E-state index contributed by atoms with van der Waals surface area (Å²) in [5.74, 6) is -0.298. The van der Waals surface area contributed by atoms with Crippen LogP contribution in [0.1, 0.15) is 30.5 Å². The molecule has 0 radical (unpaired) electrons. The second-order valence-corrected chi connectivity index (χ2v) is 3.72. The fourth-order valence-corrected chi connectivity index (χ4v) is 1.98. The lowest BCUT2D eigenvalue weighted by Gasteiger charge is -2.10. The van der Waals surface area contributed by atoms with E-state index in [-0.39, 0.29) is 11.7 Å². The number of nitrogens with zero attached hydrogens (tertiary/aromatic N) is 1. The maximum Gasteiger partial charge on any atom is 0.169 e. The molecule has 0 bridgehead atoms. The van der Waals surface area contributed by atoms with E-state index in [0.29, 0.717) is 0 Å². The summed E-state index contributed by atoms with van der Waals surface area (Å²) in [7, 11) is 0. The lowest BCUT2D eigenvalue weighted by molar-refractivity contribution is -0.127. The molecule has 2 rings (SSSR count). The van der Waals surface area contributed by atoms with Crippen molar-refractivity contribution in [2.45, 2.75) is 31.8 Å². The third kappa shape index (κ3) is 1.44.